The molecule has 3 heteroatoms. The number of hydrogen-bond acceptors (Lipinski definition) is 2. The van der Waals surface area contributed by atoms with Crippen LogP contribution >= 0.6 is 0 Å². The maximum absolute atomic E-state index is 5.94. The lowest BCUT2D eigenvalue weighted by molar-refractivity contribution is 0.200. The molecule has 0 bridgehead atoms. The van der Waals surface area contributed by atoms with Gasteiger partial charge in [0.15, 0.2) is 8.32 Å². The van der Waals surface area contributed by atoms with Crippen LogP contribution in [-0.4, -0.2) is 27.5 Å². The molecule has 1 atom stereocenters. The lowest BCUT2D eigenvalue weighted by atomic mass is 10.2. The molecule has 0 aromatic carbocycles. The molecule has 0 amide bonds. The van der Waals surface area contributed by atoms with Crippen molar-refractivity contribution in [1.29, 1.82) is 0 Å². The summed E-state index contributed by atoms with van der Waals surface area (Å²) in [5.41, 5.74) is 0. The van der Waals surface area contributed by atoms with Gasteiger partial charge in [0.1, 0.15) is 0 Å². The Bertz CT molecular complexity index is 154. The van der Waals surface area contributed by atoms with E-state index in [-0.39, 0.29) is 0 Å². The van der Waals surface area contributed by atoms with E-state index in [0.717, 1.165) is 19.5 Å². The summed E-state index contributed by atoms with van der Waals surface area (Å²) in [5.74, 6) is 0. The highest BCUT2D eigenvalue weighted by Gasteiger charge is 2.17. The number of nitrogens with one attached hydrogen (secondary N) is 1. The summed E-state index contributed by atoms with van der Waals surface area (Å²) in [5, 5.41) is 3.29. The van der Waals surface area contributed by atoms with Gasteiger partial charge in [0.05, 0.1) is 0 Å². The molecule has 0 saturated carbocycles. The summed E-state index contributed by atoms with van der Waals surface area (Å²) in [6.07, 6.45) is 4.63. The topological polar surface area (TPSA) is 21.3 Å². The summed E-state index contributed by atoms with van der Waals surface area (Å²) >= 11 is 0. The predicted molar refractivity (Wildman–Crippen MR) is 66.2 cm³/mol. The average molecular weight is 215 g/mol. The Morgan fingerprint density at radius 3 is 2.57 bits per heavy atom. The third-order valence-corrected chi connectivity index (χ3v) is 2.92. The largest absolute Gasteiger partial charge is 0.415 e. The zero-order chi connectivity index (χ0) is 11.0. The van der Waals surface area contributed by atoms with Crippen molar-refractivity contribution in [3.05, 3.63) is 12.7 Å². The van der Waals surface area contributed by atoms with Crippen LogP contribution in [0.1, 0.15) is 19.8 Å². The lowest BCUT2D eigenvalue weighted by Gasteiger charge is -2.23. The second-order valence-corrected chi connectivity index (χ2v) is 9.14. The van der Waals surface area contributed by atoms with E-state index in [1.807, 2.05) is 6.08 Å². The molecule has 0 aromatic heterocycles. The molecular weight excluding hydrogens is 190 g/mol. The van der Waals surface area contributed by atoms with E-state index < -0.39 is 8.32 Å². The van der Waals surface area contributed by atoms with Gasteiger partial charge in [-0.15, -0.1) is 6.58 Å². The molecule has 0 spiro atoms. The number of rotatable bonds is 8. The minimum Gasteiger partial charge on any atom is -0.415 e. The molecule has 0 rings (SSSR count). The fraction of sp³-hybridized carbons (Fsp3) is 0.818. The molecule has 0 heterocycles. The third kappa shape index (κ3) is 9.96. The zero-order valence-corrected chi connectivity index (χ0v) is 11.1. The normalized spacial score (nSPS) is 14.0. The van der Waals surface area contributed by atoms with Crippen molar-refractivity contribution in [2.24, 2.45) is 0 Å². The molecular formula is C11H25NOSi. The Hall–Kier alpha value is -0.123. The standard InChI is InChI=1S/C11H25NOSi/c1-6-9-12-10-7-8-11(2)13-14(3,4)5/h6,11-12H,1,7-10H2,2-5H3. The van der Waals surface area contributed by atoms with Crippen LogP contribution in [-0.2, 0) is 4.43 Å². The third-order valence-electron chi connectivity index (χ3n) is 1.81. The minimum absolute atomic E-state index is 0.409. The molecule has 0 aliphatic heterocycles. The van der Waals surface area contributed by atoms with Crippen LogP contribution in [0.5, 0.6) is 0 Å². The van der Waals surface area contributed by atoms with Crippen molar-refractivity contribution >= 4 is 8.32 Å². The number of hydrogen-bond donors (Lipinski definition) is 1. The van der Waals surface area contributed by atoms with E-state index in [4.69, 9.17) is 4.43 Å². The molecule has 0 radical (unpaired) electrons. The Morgan fingerprint density at radius 2 is 2.07 bits per heavy atom. The molecule has 0 aromatic rings. The molecule has 0 fully saturated rings. The van der Waals surface area contributed by atoms with Gasteiger partial charge in [-0.2, -0.15) is 0 Å². The van der Waals surface area contributed by atoms with Gasteiger partial charge in [0.2, 0.25) is 0 Å². The van der Waals surface area contributed by atoms with E-state index >= 15 is 0 Å². The minimum atomic E-state index is -1.33. The summed E-state index contributed by atoms with van der Waals surface area (Å²) in [7, 11) is -1.33. The summed E-state index contributed by atoms with van der Waals surface area (Å²) in [6, 6.07) is 0. The lowest BCUT2D eigenvalue weighted by Crippen LogP contribution is -2.31. The van der Waals surface area contributed by atoms with Gasteiger partial charge in [-0.3, -0.25) is 0 Å². The van der Waals surface area contributed by atoms with Gasteiger partial charge in [-0.05, 0) is 46.0 Å². The van der Waals surface area contributed by atoms with Crippen LogP contribution in [0, 0.1) is 0 Å². The maximum Gasteiger partial charge on any atom is 0.184 e. The molecule has 0 saturated heterocycles. The van der Waals surface area contributed by atoms with Gasteiger partial charge in [-0.25, -0.2) is 0 Å². The summed E-state index contributed by atoms with van der Waals surface area (Å²) in [4.78, 5) is 0. The fourth-order valence-corrected chi connectivity index (χ4v) is 2.71. The maximum atomic E-state index is 5.94. The first-order chi connectivity index (χ1) is 6.45. The molecule has 0 aliphatic rings. The fourth-order valence-electron chi connectivity index (χ4n) is 1.38. The Morgan fingerprint density at radius 1 is 1.43 bits per heavy atom. The van der Waals surface area contributed by atoms with E-state index in [0.29, 0.717) is 6.10 Å². The van der Waals surface area contributed by atoms with E-state index in [2.05, 4.69) is 38.5 Å². The van der Waals surface area contributed by atoms with Crippen molar-refractivity contribution < 1.29 is 4.43 Å². The van der Waals surface area contributed by atoms with Crippen LogP contribution < -0.4 is 5.32 Å². The molecule has 2 nitrogen and oxygen atoms in total. The van der Waals surface area contributed by atoms with Crippen LogP contribution in [0.3, 0.4) is 0 Å². The first-order valence-electron chi connectivity index (χ1n) is 5.45. The first-order valence-corrected chi connectivity index (χ1v) is 8.86. The molecule has 1 N–H and O–H groups in total. The Labute approximate surface area is 89.9 Å². The molecule has 0 aliphatic carbocycles. The van der Waals surface area contributed by atoms with Crippen molar-refractivity contribution in [3.63, 3.8) is 0 Å². The van der Waals surface area contributed by atoms with Crippen molar-refractivity contribution in [2.45, 2.75) is 45.5 Å². The van der Waals surface area contributed by atoms with E-state index in [9.17, 15) is 0 Å². The summed E-state index contributed by atoms with van der Waals surface area (Å²) in [6.45, 7) is 14.5. The van der Waals surface area contributed by atoms with Gasteiger partial charge in [0, 0.05) is 12.6 Å². The zero-order valence-electron chi connectivity index (χ0n) is 10.1. The van der Waals surface area contributed by atoms with Crippen LogP contribution in [0.25, 0.3) is 0 Å². The quantitative estimate of drug-likeness (QED) is 0.382. The predicted octanol–water partition coefficient (Wildman–Crippen LogP) is 2.78. The van der Waals surface area contributed by atoms with E-state index in [1.165, 1.54) is 6.42 Å². The van der Waals surface area contributed by atoms with Crippen LogP contribution in [0.15, 0.2) is 12.7 Å². The molecule has 14 heavy (non-hydrogen) atoms. The van der Waals surface area contributed by atoms with Gasteiger partial charge >= 0.3 is 0 Å². The highest BCUT2D eigenvalue weighted by Crippen LogP contribution is 2.10. The second-order valence-electron chi connectivity index (χ2n) is 4.68. The van der Waals surface area contributed by atoms with Crippen molar-refractivity contribution in [2.75, 3.05) is 13.1 Å². The highest BCUT2D eigenvalue weighted by atomic mass is 28.4. The molecule has 1 unspecified atom stereocenters. The first kappa shape index (κ1) is 13.9. The summed E-state index contributed by atoms with van der Waals surface area (Å²) < 4.78 is 5.94. The highest BCUT2D eigenvalue weighted by molar-refractivity contribution is 6.69. The SMILES string of the molecule is C=CCNCCCC(C)O[Si](C)(C)C. The van der Waals surface area contributed by atoms with Crippen LogP contribution in [0.2, 0.25) is 19.6 Å². The monoisotopic (exact) mass is 215 g/mol. The molecule has 84 valence electrons. The second kappa shape index (κ2) is 7.21. The van der Waals surface area contributed by atoms with Gasteiger partial charge < -0.3 is 9.74 Å². The van der Waals surface area contributed by atoms with Crippen molar-refractivity contribution in [1.82, 2.24) is 5.32 Å². The van der Waals surface area contributed by atoms with Crippen molar-refractivity contribution in [3.8, 4) is 0 Å². The van der Waals surface area contributed by atoms with Gasteiger partial charge in [0.25, 0.3) is 0 Å². The average Bonchev–Trinajstić information content (AvgIpc) is 2.00. The Balaban J connectivity index is 3.35. The smallest absolute Gasteiger partial charge is 0.184 e. The van der Waals surface area contributed by atoms with E-state index in [1.54, 1.807) is 0 Å². The van der Waals surface area contributed by atoms with Gasteiger partial charge in [-0.1, -0.05) is 6.08 Å². The van der Waals surface area contributed by atoms with Crippen LogP contribution in [0.4, 0.5) is 0 Å². The Kier molecular flexibility index (Phi) is 7.14.